The lowest BCUT2D eigenvalue weighted by atomic mass is 10.0. The van der Waals surface area contributed by atoms with Crippen LogP contribution in [0, 0.1) is 5.82 Å². The van der Waals surface area contributed by atoms with Crippen molar-refractivity contribution in [3.63, 3.8) is 0 Å². The van der Waals surface area contributed by atoms with E-state index < -0.39 is 35.7 Å². The summed E-state index contributed by atoms with van der Waals surface area (Å²) in [5.41, 5.74) is 0.544. The second-order valence-corrected chi connectivity index (χ2v) is 5.20. The molecule has 0 saturated carbocycles. The number of amides is 2. The van der Waals surface area contributed by atoms with E-state index in [9.17, 15) is 18.8 Å². The van der Waals surface area contributed by atoms with Crippen LogP contribution in [0.2, 0.25) is 0 Å². The fourth-order valence-electron chi connectivity index (χ4n) is 2.15. The number of carbonyl (C=O) groups is 3. The number of methoxy groups -OCH3 is 1. The molecule has 0 bridgehead atoms. The van der Waals surface area contributed by atoms with Gasteiger partial charge in [-0.05, 0) is 24.1 Å². The molecule has 0 radical (unpaired) electrons. The van der Waals surface area contributed by atoms with Gasteiger partial charge in [-0.25, -0.2) is 9.18 Å². The molecule has 7 heteroatoms. The van der Waals surface area contributed by atoms with E-state index in [1.54, 1.807) is 6.07 Å². The third-order valence-corrected chi connectivity index (χ3v) is 3.23. The van der Waals surface area contributed by atoms with Gasteiger partial charge in [-0.2, -0.15) is 0 Å². The van der Waals surface area contributed by atoms with Crippen molar-refractivity contribution in [1.82, 2.24) is 10.6 Å². The lowest BCUT2D eigenvalue weighted by Gasteiger charge is -2.21. The molecule has 0 aliphatic rings. The van der Waals surface area contributed by atoms with Crippen molar-refractivity contribution in [3.8, 4) is 0 Å². The quantitative estimate of drug-likeness (QED) is 0.550. The second-order valence-electron chi connectivity index (χ2n) is 5.20. The van der Waals surface area contributed by atoms with Gasteiger partial charge in [0, 0.05) is 13.3 Å². The van der Waals surface area contributed by atoms with E-state index in [1.165, 1.54) is 38.3 Å². The Kier molecular flexibility index (Phi) is 7.61. The molecule has 0 saturated heterocycles. The van der Waals surface area contributed by atoms with Crippen LogP contribution >= 0.6 is 0 Å². The number of carbonyl (C=O) groups excluding carboxylic acids is 3. The summed E-state index contributed by atoms with van der Waals surface area (Å²) in [5, 5.41) is 5.02. The third-order valence-electron chi connectivity index (χ3n) is 3.23. The highest BCUT2D eigenvalue weighted by Crippen LogP contribution is 2.08. The monoisotopic (exact) mass is 336 g/mol. The highest BCUT2D eigenvalue weighted by molar-refractivity contribution is 5.90. The minimum Gasteiger partial charge on any atom is -0.467 e. The predicted octanol–water partition coefficient (Wildman–Crippen LogP) is 1.11. The Morgan fingerprint density at radius 1 is 1.29 bits per heavy atom. The van der Waals surface area contributed by atoms with Crippen LogP contribution in [0.1, 0.15) is 18.9 Å². The molecule has 2 atom stereocenters. The second kappa shape index (κ2) is 9.44. The third kappa shape index (κ3) is 6.20. The van der Waals surface area contributed by atoms with Crippen LogP contribution in [0.4, 0.5) is 4.39 Å². The molecular formula is C17H21FN2O4. The number of benzene rings is 1. The maximum atomic E-state index is 13.3. The Hall–Kier alpha value is -2.70. The number of nitrogens with one attached hydrogen (secondary N) is 2. The molecule has 0 unspecified atom stereocenters. The SMILES string of the molecule is C=CC[C@@H](NC(=O)[C@H](Cc1cccc(F)c1)NC(C)=O)C(=O)OC. The minimum absolute atomic E-state index is 0.0884. The topological polar surface area (TPSA) is 84.5 Å². The zero-order chi connectivity index (χ0) is 18.1. The number of esters is 1. The van der Waals surface area contributed by atoms with Gasteiger partial charge in [0.15, 0.2) is 0 Å². The first-order valence-corrected chi connectivity index (χ1v) is 7.38. The number of halogens is 1. The van der Waals surface area contributed by atoms with Gasteiger partial charge < -0.3 is 15.4 Å². The normalized spacial score (nSPS) is 12.6. The molecule has 1 rings (SSSR count). The van der Waals surface area contributed by atoms with E-state index in [2.05, 4.69) is 21.9 Å². The molecule has 2 amide bonds. The van der Waals surface area contributed by atoms with Crippen LogP contribution in [0.25, 0.3) is 0 Å². The molecule has 0 aliphatic carbocycles. The van der Waals surface area contributed by atoms with E-state index in [0.717, 1.165) is 0 Å². The van der Waals surface area contributed by atoms with Crippen LogP contribution in [-0.4, -0.2) is 37.0 Å². The molecular weight excluding hydrogens is 315 g/mol. The first-order chi connectivity index (χ1) is 11.4. The maximum absolute atomic E-state index is 13.3. The average molecular weight is 336 g/mol. The lowest BCUT2D eigenvalue weighted by molar-refractivity contribution is -0.145. The first-order valence-electron chi connectivity index (χ1n) is 7.38. The summed E-state index contributed by atoms with van der Waals surface area (Å²) in [6, 6.07) is 3.89. The summed E-state index contributed by atoms with van der Waals surface area (Å²) in [6.07, 6.45) is 1.75. The number of rotatable bonds is 8. The van der Waals surface area contributed by atoms with E-state index in [4.69, 9.17) is 0 Å². The molecule has 2 N–H and O–H groups in total. The van der Waals surface area contributed by atoms with Gasteiger partial charge in [0.2, 0.25) is 11.8 Å². The summed E-state index contributed by atoms with van der Waals surface area (Å²) >= 11 is 0. The molecule has 0 fully saturated rings. The highest BCUT2D eigenvalue weighted by Gasteiger charge is 2.26. The van der Waals surface area contributed by atoms with Gasteiger partial charge in [0.25, 0.3) is 0 Å². The van der Waals surface area contributed by atoms with Gasteiger partial charge >= 0.3 is 5.97 Å². The maximum Gasteiger partial charge on any atom is 0.328 e. The molecule has 0 aromatic heterocycles. The molecule has 0 aliphatic heterocycles. The van der Waals surface area contributed by atoms with Crippen molar-refractivity contribution >= 4 is 17.8 Å². The smallest absolute Gasteiger partial charge is 0.328 e. The molecule has 1 aromatic rings. The zero-order valence-electron chi connectivity index (χ0n) is 13.7. The predicted molar refractivity (Wildman–Crippen MR) is 86.5 cm³/mol. The Bertz CT molecular complexity index is 618. The number of hydrogen-bond acceptors (Lipinski definition) is 4. The largest absolute Gasteiger partial charge is 0.467 e. The molecule has 6 nitrogen and oxygen atoms in total. The van der Waals surface area contributed by atoms with Crippen LogP contribution in [-0.2, 0) is 25.5 Å². The van der Waals surface area contributed by atoms with Crippen molar-refractivity contribution in [1.29, 1.82) is 0 Å². The molecule has 1 aromatic carbocycles. The molecule has 0 spiro atoms. The summed E-state index contributed by atoms with van der Waals surface area (Å²) < 4.78 is 17.9. The van der Waals surface area contributed by atoms with Gasteiger partial charge in [-0.15, -0.1) is 6.58 Å². The summed E-state index contributed by atoms with van der Waals surface area (Å²) in [7, 11) is 1.21. The standard InChI is InChI=1S/C17H21FN2O4/c1-4-6-14(17(23)24-3)20-16(22)15(19-11(2)21)10-12-7-5-8-13(18)9-12/h4-5,7-9,14-15H,1,6,10H2,2-3H3,(H,19,21)(H,20,22)/t14-,15+/m1/s1. The number of hydrogen-bond donors (Lipinski definition) is 2. The molecule has 130 valence electrons. The molecule has 24 heavy (non-hydrogen) atoms. The zero-order valence-corrected chi connectivity index (χ0v) is 13.7. The lowest BCUT2D eigenvalue weighted by Crippen LogP contribution is -2.52. The molecule has 0 heterocycles. The van der Waals surface area contributed by atoms with E-state index in [0.29, 0.717) is 5.56 Å². The summed E-state index contributed by atoms with van der Waals surface area (Å²) in [4.78, 5) is 35.4. The van der Waals surface area contributed by atoms with Crippen LogP contribution in [0.3, 0.4) is 0 Å². The van der Waals surface area contributed by atoms with Gasteiger partial charge in [0.05, 0.1) is 7.11 Å². The summed E-state index contributed by atoms with van der Waals surface area (Å²) in [5.74, 6) is -2.03. The van der Waals surface area contributed by atoms with Gasteiger partial charge in [-0.3, -0.25) is 9.59 Å². The number of ether oxygens (including phenoxy) is 1. The fourth-order valence-corrected chi connectivity index (χ4v) is 2.15. The van der Waals surface area contributed by atoms with Crippen LogP contribution in [0.15, 0.2) is 36.9 Å². The van der Waals surface area contributed by atoms with Gasteiger partial charge in [0.1, 0.15) is 17.9 Å². The summed E-state index contributed by atoms with van der Waals surface area (Å²) in [6.45, 7) is 4.80. The van der Waals surface area contributed by atoms with Crippen LogP contribution < -0.4 is 10.6 Å². The Labute approximate surface area is 140 Å². The van der Waals surface area contributed by atoms with Crippen LogP contribution in [0.5, 0.6) is 0 Å². The Balaban J connectivity index is 2.89. The van der Waals surface area contributed by atoms with Crippen molar-refractivity contribution < 1.29 is 23.5 Å². The van der Waals surface area contributed by atoms with Crippen molar-refractivity contribution in [3.05, 3.63) is 48.3 Å². The first kappa shape index (κ1) is 19.3. The van der Waals surface area contributed by atoms with E-state index in [1.807, 2.05) is 0 Å². The van der Waals surface area contributed by atoms with Crippen molar-refractivity contribution in [2.75, 3.05) is 7.11 Å². The average Bonchev–Trinajstić information content (AvgIpc) is 2.52. The fraction of sp³-hybridized carbons (Fsp3) is 0.353. The Morgan fingerprint density at radius 2 is 2.00 bits per heavy atom. The minimum atomic E-state index is -0.943. The van der Waals surface area contributed by atoms with Gasteiger partial charge in [-0.1, -0.05) is 18.2 Å². The van der Waals surface area contributed by atoms with Crippen molar-refractivity contribution in [2.24, 2.45) is 0 Å². The van der Waals surface area contributed by atoms with E-state index in [-0.39, 0.29) is 12.8 Å². The highest BCUT2D eigenvalue weighted by atomic mass is 19.1. The van der Waals surface area contributed by atoms with E-state index >= 15 is 0 Å². The Morgan fingerprint density at radius 3 is 2.54 bits per heavy atom. The van der Waals surface area contributed by atoms with Crippen molar-refractivity contribution in [2.45, 2.75) is 31.8 Å².